The highest BCUT2D eigenvalue weighted by molar-refractivity contribution is 14.0. The van der Waals surface area contributed by atoms with Crippen molar-refractivity contribution in [1.29, 1.82) is 0 Å². The number of hydrogen-bond donors (Lipinski definition) is 2. The number of rotatable bonds is 8. The molecule has 0 amide bonds. The highest BCUT2D eigenvalue weighted by Crippen LogP contribution is 2.05. The maximum atomic E-state index is 5.13. The normalized spacial score (nSPS) is 12.5. The number of benzene rings is 1. The average molecular weight is 419 g/mol. The molecule has 2 N–H and O–H groups in total. The maximum absolute atomic E-state index is 5.13. The Balaban J connectivity index is 0.00000441. The molecule has 0 saturated carbocycles. The Hall–Kier alpha value is -0.820. The maximum Gasteiger partial charge on any atom is 0.191 e. The Bertz CT molecular complexity index is 420. The third kappa shape index (κ3) is 8.58. The molecular formula is C17H30IN3O. The molecular weight excluding hydrogens is 389 g/mol. The van der Waals surface area contributed by atoms with Crippen LogP contribution in [0.15, 0.2) is 29.3 Å². The molecule has 22 heavy (non-hydrogen) atoms. The van der Waals surface area contributed by atoms with Crippen LogP contribution in [0.3, 0.4) is 0 Å². The van der Waals surface area contributed by atoms with Crippen LogP contribution in [0.2, 0.25) is 0 Å². The van der Waals surface area contributed by atoms with Gasteiger partial charge in [0.25, 0.3) is 0 Å². The lowest BCUT2D eigenvalue weighted by molar-refractivity contribution is 0.179. The highest BCUT2D eigenvalue weighted by atomic mass is 127. The smallest absolute Gasteiger partial charge is 0.191 e. The van der Waals surface area contributed by atoms with Gasteiger partial charge in [0.15, 0.2) is 5.96 Å². The summed E-state index contributed by atoms with van der Waals surface area (Å²) in [5.41, 5.74) is 2.71. The molecule has 0 aliphatic carbocycles. The van der Waals surface area contributed by atoms with Gasteiger partial charge < -0.3 is 15.4 Å². The summed E-state index contributed by atoms with van der Waals surface area (Å²) < 4.78 is 5.13. The number of nitrogens with one attached hydrogen (secondary N) is 2. The summed E-state index contributed by atoms with van der Waals surface area (Å²) in [7, 11) is 1.71. The minimum atomic E-state index is 0. The first-order valence-electron chi connectivity index (χ1n) is 7.81. The number of aryl methyl sites for hydroxylation is 1. The van der Waals surface area contributed by atoms with Crippen molar-refractivity contribution in [2.75, 3.05) is 26.8 Å². The summed E-state index contributed by atoms with van der Waals surface area (Å²) in [6.45, 7) is 8.64. The molecule has 0 aliphatic heterocycles. The fraction of sp³-hybridized carbons (Fsp3) is 0.588. The van der Waals surface area contributed by atoms with Crippen LogP contribution in [0.25, 0.3) is 0 Å². The van der Waals surface area contributed by atoms with Gasteiger partial charge in [0.05, 0.1) is 6.61 Å². The Kier molecular flexibility index (Phi) is 12.2. The Labute approximate surface area is 152 Å². The van der Waals surface area contributed by atoms with Crippen molar-refractivity contribution < 1.29 is 4.74 Å². The molecule has 0 fully saturated rings. The van der Waals surface area contributed by atoms with Crippen LogP contribution in [0.4, 0.5) is 0 Å². The first-order chi connectivity index (χ1) is 10.2. The highest BCUT2D eigenvalue weighted by Gasteiger charge is 2.04. The van der Waals surface area contributed by atoms with Crippen molar-refractivity contribution in [2.45, 2.75) is 39.7 Å². The lowest BCUT2D eigenvalue weighted by Crippen LogP contribution is -2.44. The molecule has 0 spiro atoms. The van der Waals surface area contributed by atoms with E-state index in [0.717, 1.165) is 31.9 Å². The van der Waals surface area contributed by atoms with E-state index in [2.05, 4.69) is 60.7 Å². The topological polar surface area (TPSA) is 45.7 Å². The molecule has 1 aromatic rings. The van der Waals surface area contributed by atoms with Crippen LogP contribution in [0.5, 0.6) is 0 Å². The van der Waals surface area contributed by atoms with E-state index >= 15 is 0 Å². The summed E-state index contributed by atoms with van der Waals surface area (Å²) >= 11 is 0. The molecule has 1 rings (SSSR count). The zero-order valence-electron chi connectivity index (χ0n) is 14.2. The predicted octanol–water partition coefficient (Wildman–Crippen LogP) is 3.00. The van der Waals surface area contributed by atoms with E-state index in [1.807, 2.05) is 0 Å². The van der Waals surface area contributed by atoms with Crippen molar-refractivity contribution >= 4 is 29.9 Å². The van der Waals surface area contributed by atoms with Gasteiger partial charge in [-0.25, -0.2) is 0 Å². The molecule has 0 heterocycles. The first kappa shape index (κ1) is 21.2. The van der Waals surface area contributed by atoms with E-state index < -0.39 is 0 Å². The van der Waals surface area contributed by atoms with Crippen LogP contribution in [-0.4, -0.2) is 38.8 Å². The molecule has 0 aliphatic rings. The molecule has 0 saturated heterocycles. The summed E-state index contributed by atoms with van der Waals surface area (Å²) in [5.74, 6) is 0.854. The minimum Gasteiger partial charge on any atom is -0.383 e. The van der Waals surface area contributed by atoms with Gasteiger partial charge in [-0.1, -0.05) is 31.2 Å². The van der Waals surface area contributed by atoms with E-state index in [1.165, 1.54) is 11.1 Å². The molecule has 0 bridgehead atoms. The van der Waals surface area contributed by atoms with Gasteiger partial charge in [-0.15, -0.1) is 24.0 Å². The van der Waals surface area contributed by atoms with Crippen LogP contribution in [-0.2, 0) is 17.6 Å². The number of guanidine groups is 1. The van der Waals surface area contributed by atoms with E-state index in [1.54, 1.807) is 7.11 Å². The van der Waals surface area contributed by atoms with Crippen molar-refractivity contribution in [3.8, 4) is 0 Å². The summed E-state index contributed by atoms with van der Waals surface area (Å²) in [5, 5.41) is 6.60. The van der Waals surface area contributed by atoms with Gasteiger partial charge in [-0.05, 0) is 37.8 Å². The zero-order valence-corrected chi connectivity index (χ0v) is 16.5. The number of aliphatic imine (C=N–C) groups is 1. The van der Waals surface area contributed by atoms with Crippen LogP contribution >= 0.6 is 24.0 Å². The van der Waals surface area contributed by atoms with E-state index in [9.17, 15) is 0 Å². The zero-order chi connectivity index (χ0) is 15.5. The third-order valence-electron chi connectivity index (χ3n) is 3.25. The number of methoxy groups -OCH3 is 1. The molecule has 1 unspecified atom stereocenters. The van der Waals surface area contributed by atoms with Gasteiger partial charge >= 0.3 is 0 Å². The van der Waals surface area contributed by atoms with Crippen molar-refractivity contribution in [3.63, 3.8) is 0 Å². The number of hydrogen-bond acceptors (Lipinski definition) is 2. The molecule has 0 radical (unpaired) electrons. The van der Waals surface area contributed by atoms with Gasteiger partial charge in [0, 0.05) is 26.2 Å². The molecule has 4 nitrogen and oxygen atoms in total. The Morgan fingerprint density at radius 1 is 1.18 bits per heavy atom. The number of halogens is 1. The lowest BCUT2D eigenvalue weighted by atomic mass is 10.1. The SMILES string of the molecule is CCNC(=NCCc1ccc(CC)cc1)NC(C)COC.I. The van der Waals surface area contributed by atoms with Crippen molar-refractivity contribution in [3.05, 3.63) is 35.4 Å². The van der Waals surface area contributed by atoms with Crippen LogP contribution in [0.1, 0.15) is 31.9 Å². The van der Waals surface area contributed by atoms with Crippen LogP contribution < -0.4 is 10.6 Å². The Morgan fingerprint density at radius 3 is 2.36 bits per heavy atom. The van der Waals surface area contributed by atoms with Gasteiger partial charge in [0.2, 0.25) is 0 Å². The molecule has 126 valence electrons. The van der Waals surface area contributed by atoms with E-state index in [4.69, 9.17) is 4.74 Å². The largest absolute Gasteiger partial charge is 0.383 e. The minimum absolute atomic E-state index is 0. The van der Waals surface area contributed by atoms with Crippen molar-refractivity contribution in [2.24, 2.45) is 4.99 Å². The monoisotopic (exact) mass is 419 g/mol. The summed E-state index contributed by atoms with van der Waals surface area (Å²) in [6.07, 6.45) is 2.05. The molecule has 5 heteroatoms. The van der Waals surface area contributed by atoms with Gasteiger partial charge in [-0.2, -0.15) is 0 Å². The third-order valence-corrected chi connectivity index (χ3v) is 3.25. The first-order valence-corrected chi connectivity index (χ1v) is 7.81. The standard InChI is InChI=1S/C17H29N3O.HI/c1-5-15-7-9-16(10-8-15)11-12-19-17(18-6-2)20-14(3)13-21-4;/h7-10,14H,5-6,11-13H2,1-4H3,(H2,18,19,20);1H. The average Bonchev–Trinajstić information content (AvgIpc) is 2.48. The van der Waals surface area contributed by atoms with E-state index in [-0.39, 0.29) is 30.0 Å². The quantitative estimate of drug-likeness (QED) is 0.387. The molecule has 0 aromatic heterocycles. The predicted molar refractivity (Wildman–Crippen MR) is 105 cm³/mol. The Morgan fingerprint density at radius 2 is 1.82 bits per heavy atom. The lowest BCUT2D eigenvalue weighted by Gasteiger charge is -2.17. The fourth-order valence-electron chi connectivity index (χ4n) is 2.08. The molecule has 1 aromatic carbocycles. The second-order valence-corrected chi connectivity index (χ2v) is 5.18. The van der Waals surface area contributed by atoms with Gasteiger partial charge in [-0.3, -0.25) is 4.99 Å². The number of nitrogens with zero attached hydrogens (tertiary/aromatic N) is 1. The second kappa shape index (κ2) is 12.7. The number of ether oxygens (including phenoxy) is 1. The second-order valence-electron chi connectivity index (χ2n) is 5.18. The van der Waals surface area contributed by atoms with E-state index in [0.29, 0.717) is 6.61 Å². The van der Waals surface area contributed by atoms with Crippen molar-refractivity contribution in [1.82, 2.24) is 10.6 Å². The fourth-order valence-corrected chi connectivity index (χ4v) is 2.08. The summed E-state index contributed by atoms with van der Waals surface area (Å²) in [4.78, 5) is 4.61. The molecule has 1 atom stereocenters. The van der Waals surface area contributed by atoms with Crippen LogP contribution in [0, 0.1) is 0 Å². The summed E-state index contributed by atoms with van der Waals surface area (Å²) in [6, 6.07) is 9.04. The van der Waals surface area contributed by atoms with Gasteiger partial charge in [0.1, 0.15) is 0 Å².